The minimum absolute atomic E-state index is 0.0232. The van der Waals surface area contributed by atoms with Gasteiger partial charge in [0.15, 0.2) is 0 Å². The Labute approximate surface area is 260 Å². The molecule has 0 amide bonds. The van der Waals surface area contributed by atoms with E-state index in [0.29, 0.717) is 12.6 Å². The topological polar surface area (TPSA) is 22.1 Å². The van der Waals surface area contributed by atoms with Crippen LogP contribution >= 0.6 is 0 Å². The highest BCUT2D eigenvalue weighted by Gasteiger charge is 2.55. The summed E-state index contributed by atoms with van der Waals surface area (Å²) in [6.45, 7) is 6.47. The van der Waals surface area contributed by atoms with Crippen molar-refractivity contribution in [1.29, 1.82) is 0 Å². The molecule has 3 aliphatic rings. The largest absolute Gasteiger partial charge is 0.363 e. The lowest BCUT2D eigenvalue weighted by atomic mass is 9.70. The zero-order valence-electron chi connectivity index (χ0n) is 25.6. The highest BCUT2D eigenvalue weighted by Crippen LogP contribution is 2.50. The second kappa shape index (κ2) is 11.5. The number of pyridine rings is 1. The molecule has 0 spiro atoms. The minimum atomic E-state index is -0.0232. The van der Waals surface area contributed by atoms with Gasteiger partial charge in [-0.2, -0.15) is 0 Å². The number of hydrogen-bond acceptors (Lipinski definition) is 2. The number of hydrogen-bond donors (Lipinski definition) is 0. The monoisotopic (exact) mass is 577 g/mol. The molecule has 3 fully saturated rings. The van der Waals surface area contributed by atoms with Crippen molar-refractivity contribution in [2.75, 3.05) is 13.1 Å². The molecule has 5 aromatic carbocycles. The van der Waals surface area contributed by atoms with Crippen molar-refractivity contribution >= 4 is 32.4 Å². The first-order chi connectivity index (χ1) is 21.7. The van der Waals surface area contributed by atoms with Gasteiger partial charge in [0.2, 0.25) is 0 Å². The van der Waals surface area contributed by atoms with E-state index in [1.807, 2.05) is 6.20 Å². The van der Waals surface area contributed by atoms with Gasteiger partial charge in [0.05, 0.1) is 25.2 Å². The van der Waals surface area contributed by atoms with Crippen LogP contribution in [0, 0.1) is 11.8 Å². The van der Waals surface area contributed by atoms with E-state index in [0.717, 1.165) is 28.4 Å². The van der Waals surface area contributed by atoms with Crippen LogP contribution in [0.2, 0.25) is 0 Å². The van der Waals surface area contributed by atoms with Gasteiger partial charge >= 0.3 is 0 Å². The molecule has 4 heterocycles. The van der Waals surface area contributed by atoms with E-state index in [4.69, 9.17) is 9.72 Å². The molecule has 3 saturated heterocycles. The van der Waals surface area contributed by atoms with Crippen molar-refractivity contribution in [2.24, 2.45) is 11.8 Å². The van der Waals surface area contributed by atoms with Crippen molar-refractivity contribution in [2.45, 2.75) is 51.5 Å². The van der Waals surface area contributed by atoms with Gasteiger partial charge in [0.25, 0.3) is 0 Å². The smallest absolute Gasteiger partial charge is 0.135 e. The Hall–Kier alpha value is -4.05. The molecule has 3 nitrogen and oxygen atoms in total. The molecular formula is C41H41N2O+. The van der Waals surface area contributed by atoms with Crippen molar-refractivity contribution < 1.29 is 9.22 Å². The number of ether oxygens (including phenoxy) is 1. The third-order valence-electron chi connectivity index (χ3n) is 10.9. The molecule has 0 aliphatic carbocycles. The fourth-order valence-corrected chi connectivity index (χ4v) is 8.77. The first-order valence-corrected chi connectivity index (χ1v) is 16.5. The average molecular weight is 578 g/mol. The molecule has 5 atom stereocenters. The summed E-state index contributed by atoms with van der Waals surface area (Å²) in [5.41, 5.74) is 5.06. The Morgan fingerprint density at radius 3 is 2.23 bits per heavy atom. The van der Waals surface area contributed by atoms with E-state index in [2.05, 4.69) is 122 Å². The van der Waals surface area contributed by atoms with Gasteiger partial charge in [0, 0.05) is 35.9 Å². The Morgan fingerprint density at radius 1 is 0.795 bits per heavy atom. The zero-order valence-corrected chi connectivity index (χ0v) is 25.6. The molecule has 6 aromatic rings. The molecule has 0 unspecified atom stereocenters. The normalized spacial score (nSPS) is 23.8. The molecule has 1 aromatic heterocycles. The van der Waals surface area contributed by atoms with Crippen LogP contribution in [-0.4, -0.2) is 28.6 Å². The van der Waals surface area contributed by atoms with E-state index in [9.17, 15) is 0 Å². The molecule has 3 aliphatic heterocycles. The maximum absolute atomic E-state index is 7.18. The van der Waals surface area contributed by atoms with E-state index >= 15 is 0 Å². The second-order valence-electron chi connectivity index (χ2n) is 13.2. The molecule has 0 saturated carbocycles. The van der Waals surface area contributed by atoms with Crippen LogP contribution < -0.4 is 0 Å². The number of para-hydroxylation sites is 1. The van der Waals surface area contributed by atoms with E-state index < -0.39 is 0 Å². The predicted molar refractivity (Wildman–Crippen MR) is 181 cm³/mol. The van der Waals surface area contributed by atoms with Gasteiger partial charge in [-0.3, -0.25) is 4.98 Å². The lowest BCUT2D eigenvalue weighted by Crippen LogP contribution is -2.67. The van der Waals surface area contributed by atoms with Crippen LogP contribution in [-0.2, 0) is 17.9 Å². The second-order valence-corrected chi connectivity index (χ2v) is 13.2. The van der Waals surface area contributed by atoms with Crippen molar-refractivity contribution in [3.05, 3.63) is 138 Å². The molecule has 2 bridgehead atoms. The van der Waals surface area contributed by atoms with Crippen LogP contribution in [0.25, 0.3) is 32.4 Å². The third kappa shape index (κ3) is 4.80. The van der Waals surface area contributed by atoms with Gasteiger partial charge in [-0.25, -0.2) is 0 Å². The van der Waals surface area contributed by atoms with E-state index in [1.165, 1.54) is 76.0 Å². The number of rotatable bonds is 8. The quantitative estimate of drug-likeness (QED) is 0.133. The summed E-state index contributed by atoms with van der Waals surface area (Å²) < 4.78 is 8.26. The van der Waals surface area contributed by atoms with Crippen LogP contribution in [0.15, 0.2) is 121 Å². The van der Waals surface area contributed by atoms with Gasteiger partial charge < -0.3 is 9.22 Å². The highest BCUT2D eigenvalue weighted by atomic mass is 16.5. The van der Waals surface area contributed by atoms with Gasteiger partial charge in [-0.05, 0) is 63.2 Å². The number of piperidine rings is 3. The number of fused-ring (bicyclic) bond motifs is 6. The van der Waals surface area contributed by atoms with E-state index in [-0.39, 0.29) is 6.10 Å². The highest BCUT2D eigenvalue weighted by molar-refractivity contribution is 6.02. The molecule has 9 rings (SSSR count). The van der Waals surface area contributed by atoms with Crippen LogP contribution in [0.1, 0.15) is 49.0 Å². The summed E-state index contributed by atoms with van der Waals surface area (Å²) in [4.78, 5) is 4.75. The van der Waals surface area contributed by atoms with Gasteiger partial charge in [-0.15, -0.1) is 0 Å². The summed E-state index contributed by atoms with van der Waals surface area (Å²) >= 11 is 0. The fraction of sp³-hybridized carbons (Fsp3) is 0.293. The minimum Gasteiger partial charge on any atom is -0.363 e. The molecule has 44 heavy (non-hydrogen) atoms. The first kappa shape index (κ1) is 27.5. The van der Waals surface area contributed by atoms with Gasteiger partial charge in [0.1, 0.15) is 18.7 Å². The zero-order chi connectivity index (χ0) is 29.5. The summed E-state index contributed by atoms with van der Waals surface area (Å²) in [5, 5.41) is 6.69. The Morgan fingerprint density at radius 2 is 1.48 bits per heavy atom. The Kier molecular flexibility index (Phi) is 7.16. The average Bonchev–Trinajstić information content (AvgIpc) is 3.09. The molecule has 0 N–H and O–H groups in total. The predicted octanol–water partition coefficient (Wildman–Crippen LogP) is 9.63. The standard InChI is InChI=1S/C41H41N2O/c1-2-30-26-43(27-38-34-16-8-6-14-32(34)24-33-15-7-9-17-35(33)38)23-21-31(30)25-40(43)41(44-28-29-12-4-3-5-13-29)37-20-22-42-39-19-11-10-18-36(37)39/h3-20,22,24,30-31,40-41H,2,21,23,25-28H2,1H3/q+1/t30-,31+,40+,41-,43+/m1/s1. The van der Waals surface area contributed by atoms with Crippen LogP contribution in [0.3, 0.4) is 0 Å². The maximum atomic E-state index is 7.18. The fourth-order valence-electron chi connectivity index (χ4n) is 8.77. The van der Waals surface area contributed by atoms with Crippen LogP contribution in [0.4, 0.5) is 0 Å². The van der Waals surface area contributed by atoms with Crippen LogP contribution in [0.5, 0.6) is 0 Å². The Bertz CT molecular complexity index is 1880. The number of benzene rings is 5. The summed E-state index contributed by atoms with van der Waals surface area (Å²) in [5.74, 6) is 1.51. The van der Waals surface area contributed by atoms with Crippen molar-refractivity contribution in [3.8, 4) is 0 Å². The SMILES string of the molecule is CC[C@@H]1C[N@+]2(Cc3c4ccccc4cc4ccccc34)CC[C@H]1C[C@H]2[C@H](OCc1ccccc1)c1ccnc2ccccc12. The summed E-state index contributed by atoms with van der Waals surface area (Å²) in [7, 11) is 0. The number of nitrogens with zero attached hydrogens (tertiary/aromatic N) is 2. The maximum Gasteiger partial charge on any atom is 0.135 e. The molecule has 0 radical (unpaired) electrons. The molecular weight excluding hydrogens is 536 g/mol. The lowest BCUT2D eigenvalue weighted by molar-refractivity contribution is -0.985. The van der Waals surface area contributed by atoms with Crippen molar-refractivity contribution in [1.82, 2.24) is 4.98 Å². The van der Waals surface area contributed by atoms with Gasteiger partial charge in [-0.1, -0.05) is 104 Å². The van der Waals surface area contributed by atoms with Crippen molar-refractivity contribution in [3.63, 3.8) is 0 Å². The number of aromatic nitrogens is 1. The molecule has 3 heteroatoms. The Balaban J connectivity index is 1.29. The lowest BCUT2D eigenvalue weighted by Gasteiger charge is -2.59. The van der Waals surface area contributed by atoms with E-state index in [1.54, 1.807) is 0 Å². The number of quaternary nitrogens is 1. The third-order valence-corrected chi connectivity index (χ3v) is 10.9. The summed E-state index contributed by atoms with van der Waals surface area (Å²) in [6, 6.07) is 42.3. The first-order valence-electron chi connectivity index (χ1n) is 16.5. The molecule has 220 valence electrons. The summed E-state index contributed by atoms with van der Waals surface area (Å²) in [6.07, 6.45) is 5.73.